The highest BCUT2D eigenvalue weighted by Crippen LogP contribution is 2.41. The third-order valence-electron chi connectivity index (χ3n) is 5.49. The summed E-state index contributed by atoms with van der Waals surface area (Å²) < 4.78 is 27.1. The molecule has 0 aliphatic rings. The van der Waals surface area contributed by atoms with Gasteiger partial charge in [-0.1, -0.05) is 24.3 Å². The molecule has 0 radical (unpaired) electrons. The van der Waals surface area contributed by atoms with Crippen molar-refractivity contribution in [2.75, 3.05) is 0 Å². The summed E-state index contributed by atoms with van der Waals surface area (Å²) in [5.41, 5.74) is 4.15. The first-order valence-electron chi connectivity index (χ1n) is 10.1. The van der Waals surface area contributed by atoms with Crippen LogP contribution in [0.25, 0.3) is 0 Å². The van der Waals surface area contributed by atoms with E-state index in [2.05, 4.69) is 34.2 Å². The minimum Gasteiger partial charge on any atom is -0.364 e. The highest BCUT2D eigenvalue weighted by Gasteiger charge is 2.24. The second-order valence-corrected chi connectivity index (χ2v) is 8.61. The van der Waals surface area contributed by atoms with E-state index in [1.807, 2.05) is 48.8 Å². The Morgan fingerprint density at radius 3 is 1.32 bits per heavy atom. The summed E-state index contributed by atoms with van der Waals surface area (Å²) in [5.74, 6) is -0.535. The van der Waals surface area contributed by atoms with E-state index in [1.165, 1.54) is 24.3 Å². The Morgan fingerprint density at radius 1 is 0.548 bits per heavy atom. The van der Waals surface area contributed by atoms with Gasteiger partial charge in [0.25, 0.3) is 0 Å². The van der Waals surface area contributed by atoms with Crippen LogP contribution in [-0.4, -0.2) is 9.97 Å². The van der Waals surface area contributed by atoms with Gasteiger partial charge in [0.1, 0.15) is 11.6 Å². The standard InChI is InChI=1S/C26H20F2N2S/c27-19-9-5-17(6-10-19)25(21-3-1-15-29-21)23-13-14-24(31-23)26(22-4-2-16-30-22)18-7-11-20(28)12-8-18/h1-16,25-26,29-30H. The number of benzene rings is 2. The van der Waals surface area contributed by atoms with E-state index in [4.69, 9.17) is 0 Å². The van der Waals surface area contributed by atoms with Gasteiger partial charge in [0, 0.05) is 33.5 Å². The van der Waals surface area contributed by atoms with Crippen LogP contribution in [0.5, 0.6) is 0 Å². The predicted octanol–water partition coefficient (Wildman–Crippen LogP) is 7.04. The molecule has 3 aromatic heterocycles. The smallest absolute Gasteiger partial charge is 0.123 e. The lowest BCUT2D eigenvalue weighted by Crippen LogP contribution is -2.03. The van der Waals surface area contributed by atoms with Gasteiger partial charge < -0.3 is 9.97 Å². The molecule has 31 heavy (non-hydrogen) atoms. The third kappa shape index (κ3) is 3.97. The van der Waals surface area contributed by atoms with Gasteiger partial charge in [0.15, 0.2) is 0 Å². The van der Waals surface area contributed by atoms with Gasteiger partial charge in [-0.15, -0.1) is 11.3 Å². The first-order chi connectivity index (χ1) is 15.2. The number of aromatic amines is 2. The number of aromatic nitrogens is 2. The summed E-state index contributed by atoms with van der Waals surface area (Å²) in [5, 5.41) is 0. The van der Waals surface area contributed by atoms with Crippen molar-refractivity contribution in [1.29, 1.82) is 0 Å². The molecule has 0 bridgehead atoms. The molecule has 5 heteroatoms. The molecule has 0 fully saturated rings. The van der Waals surface area contributed by atoms with Crippen molar-refractivity contribution >= 4 is 11.3 Å². The Hall–Kier alpha value is -3.44. The maximum atomic E-state index is 13.5. The van der Waals surface area contributed by atoms with Crippen LogP contribution in [0.15, 0.2) is 97.3 Å². The third-order valence-corrected chi connectivity index (χ3v) is 6.70. The highest BCUT2D eigenvalue weighted by molar-refractivity contribution is 7.12. The molecule has 154 valence electrons. The van der Waals surface area contributed by atoms with Gasteiger partial charge in [-0.25, -0.2) is 8.78 Å². The molecule has 0 amide bonds. The molecule has 0 aliphatic heterocycles. The predicted molar refractivity (Wildman–Crippen MR) is 121 cm³/mol. The molecule has 5 aromatic rings. The maximum absolute atomic E-state index is 13.5. The van der Waals surface area contributed by atoms with Gasteiger partial charge in [0.2, 0.25) is 0 Å². The molecule has 5 rings (SSSR count). The fourth-order valence-corrected chi connectivity index (χ4v) is 5.34. The Bertz CT molecular complexity index is 1140. The van der Waals surface area contributed by atoms with E-state index in [0.717, 1.165) is 32.3 Å². The van der Waals surface area contributed by atoms with Crippen LogP contribution < -0.4 is 0 Å². The summed E-state index contributed by atoms with van der Waals surface area (Å²) >= 11 is 1.72. The summed E-state index contributed by atoms with van der Waals surface area (Å²) in [7, 11) is 0. The first-order valence-corrected chi connectivity index (χ1v) is 10.9. The van der Waals surface area contributed by atoms with Crippen molar-refractivity contribution in [3.63, 3.8) is 0 Å². The number of thiophene rings is 1. The van der Waals surface area contributed by atoms with E-state index in [9.17, 15) is 8.78 Å². The molecule has 0 saturated heterocycles. The van der Waals surface area contributed by atoms with Crippen LogP contribution in [-0.2, 0) is 0 Å². The molecule has 2 atom stereocenters. The average Bonchev–Trinajstić information content (AvgIpc) is 3.55. The Labute approximate surface area is 183 Å². The average molecular weight is 431 g/mol. The number of halogens is 2. The number of hydrogen-bond donors (Lipinski definition) is 2. The van der Waals surface area contributed by atoms with Crippen LogP contribution in [0.2, 0.25) is 0 Å². The van der Waals surface area contributed by atoms with Gasteiger partial charge in [-0.05, 0) is 71.8 Å². The van der Waals surface area contributed by atoms with E-state index < -0.39 is 0 Å². The number of hydrogen-bond acceptors (Lipinski definition) is 1. The van der Waals surface area contributed by atoms with E-state index in [-0.39, 0.29) is 23.5 Å². The molecule has 3 heterocycles. The molecule has 2 aromatic carbocycles. The Balaban J connectivity index is 1.59. The topological polar surface area (TPSA) is 31.6 Å². The zero-order valence-corrected chi connectivity index (χ0v) is 17.4. The maximum Gasteiger partial charge on any atom is 0.123 e. The number of H-pyrrole nitrogens is 2. The van der Waals surface area contributed by atoms with Gasteiger partial charge >= 0.3 is 0 Å². The van der Waals surface area contributed by atoms with Crippen LogP contribution in [0.3, 0.4) is 0 Å². The van der Waals surface area contributed by atoms with Crippen LogP contribution in [0.1, 0.15) is 44.1 Å². The van der Waals surface area contributed by atoms with Crippen LogP contribution in [0.4, 0.5) is 8.78 Å². The van der Waals surface area contributed by atoms with Crippen molar-refractivity contribution in [1.82, 2.24) is 9.97 Å². The van der Waals surface area contributed by atoms with Crippen molar-refractivity contribution in [2.45, 2.75) is 11.8 Å². The lowest BCUT2D eigenvalue weighted by atomic mass is 9.93. The Morgan fingerprint density at radius 2 is 0.968 bits per heavy atom. The van der Waals surface area contributed by atoms with Crippen molar-refractivity contribution < 1.29 is 8.78 Å². The van der Waals surface area contributed by atoms with Crippen LogP contribution >= 0.6 is 11.3 Å². The van der Waals surface area contributed by atoms with Gasteiger partial charge in [0.05, 0.1) is 11.8 Å². The minimum atomic E-state index is -0.246. The molecule has 2 nitrogen and oxygen atoms in total. The molecule has 0 saturated carbocycles. The van der Waals surface area contributed by atoms with Crippen molar-refractivity contribution in [3.8, 4) is 0 Å². The monoisotopic (exact) mass is 430 g/mol. The van der Waals surface area contributed by atoms with E-state index in [1.54, 1.807) is 11.3 Å². The summed E-state index contributed by atoms with van der Waals surface area (Å²) in [6, 6.07) is 25.7. The zero-order valence-electron chi connectivity index (χ0n) is 16.6. The molecular weight excluding hydrogens is 410 g/mol. The lowest BCUT2D eigenvalue weighted by Gasteiger charge is -2.17. The number of nitrogens with one attached hydrogen (secondary N) is 2. The second kappa shape index (κ2) is 8.36. The quantitative estimate of drug-likeness (QED) is 0.289. The lowest BCUT2D eigenvalue weighted by molar-refractivity contribution is 0.626. The SMILES string of the molecule is Fc1ccc(C(c2ccc[nH]2)c2ccc(C(c3ccc(F)cc3)c3ccc[nH]3)s2)cc1. The normalized spacial score (nSPS) is 13.2. The van der Waals surface area contributed by atoms with Crippen LogP contribution in [0, 0.1) is 11.6 Å². The molecule has 0 aliphatic carbocycles. The fourth-order valence-electron chi connectivity index (χ4n) is 4.03. The summed E-state index contributed by atoms with van der Waals surface area (Å²) in [4.78, 5) is 8.95. The zero-order chi connectivity index (χ0) is 21.2. The first kappa shape index (κ1) is 19.5. The largest absolute Gasteiger partial charge is 0.364 e. The van der Waals surface area contributed by atoms with E-state index in [0.29, 0.717) is 0 Å². The number of rotatable bonds is 6. The van der Waals surface area contributed by atoms with Gasteiger partial charge in [-0.2, -0.15) is 0 Å². The highest BCUT2D eigenvalue weighted by atomic mass is 32.1. The second-order valence-electron chi connectivity index (χ2n) is 7.46. The minimum absolute atomic E-state index is 0.0214. The molecule has 2 N–H and O–H groups in total. The summed E-state index contributed by atoms with van der Waals surface area (Å²) in [6.07, 6.45) is 3.81. The molecule has 0 spiro atoms. The van der Waals surface area contributed by atoms with Crippen molar-refractivity contribution in [3.05, 3.63) is 141 Å². The summed E-state index contributed by atoms with van der Waals surface area (Å²) in [6.45, 7) is 0. The van der Waals surface area contributed by atoms with E-state index >= 15 is 0 Å². The fraction of sp³-hybridized carbons (Fsp3) is 0.0769. The Kier molecular flexibility index (Phi) is 5.26. The van der Waals surface area contributed by atoms with Gasteiger partial charge in [-0.3, -0.25) is 0 Å². The molecular formula is C26H20F2N2S. The molecule has 2 unspecified atom stereocenters. The van der Waals surface area contributed by atoms with Crippen molar-refractivity contribution in [2.24, 2.45) is 0 Å².